The lowest BCUT2D eigenvalue weighted by Gasteiger charge is -2.40. The average Bonchev–Trinajstić information content (AvgIpc) is 2.74. The van der Waals surface area contributed by atoms with Gasteiger partial charge in [-0.3, -0.25) is 4.79 Å². The van der Waals surface area contributed by atoms with Crippen LogP contribution in [0.4, 0.5) is 0 Å². The molecule has 1 aliphatic rings. The number of ether oxygens (including phenoxy) is 1. The lowest BCUT2D eigenvalue weighted by molar-refractivity contribution is -0.231. The first-order valence-corrected chi connectivity index (χ1v) is 9.34. The standard InChI is InChI=1S/C21H20O10/c22-6-13-17(27)18(28)19(29)21(31-13)15-12(25)5-11(24)14-16(26)10(7-30-20(14)15)8-1-3-9(23)4-2-8/h1-5,7,13,17-19,21-25,27-29H,6H2/t13-,17+,18+,19-,21+/m1/s1. The van der Waals surface area contributed by atoms with Crippen LogP contribution in [0.2, 0.25) is 0 Å². The number of phenolic OH excluding ortho intramolecular Hbond substituents is 3. The fourth-order valence-electron chi connectivity index (χ4n) is 3.75. The van der Waals surface area contributed by atoms with Gasteiger partial charge in [0.2, 0.25) is 5.43 Å². The van der Waals surface area contributed by atoms with Gasteiger partial charge in [-0.25, -0.2) is 0 Å². The van der Waals surface area contributed by atoms with Gasteiger partial charge in [-0.05, 0) is 17.7 Å². The number of aliphatic hydroxyl groups is 4. The van der Waals surface area contributed by atoms with Crippen molar-refractivity contribution in [2.75, 3.05) is 6.61 Å². The van der Waals surface area contributed by atoms with Crippen LogP contribution in [0, 0.1) is 0 Å². The normalized spacial score (nSPS) is 26.3. The Kier molecular flexibility index (Phi) is 5.33. The summed E-state index contributed by atoms with van der Waals surface area (Å²) in [7, 11) is 0. The predicted molar refractivity (Wildman–Crippen MR) is 106 cm³/mol. The maximum Gasteiger partial charge on any atom is 0.204 e. The second kappa shape index (κ2) is 7.84. The van der Waals surface area contributed by atoms with Crippen LogP contribution in [-0.2, 0) is 4.74 Å². The van der Waals surface area contributed by atoms with Crippen LogP contribution in [0.5, 0.6) is 17.2 Å². The molecule has 5 atom stereocenters. The Bertz CT molecular complexity index is 1170. The van der Waals surface area contributed by atoms with Gasteiger partial charge >= 0.3 is 0 Å². The molecular weight excluding hydrogens is 412 g/mol. The summed E-state index contributed by atoms with van der Waals surface area (Å²) in [6.07, 6.45) is -6.73. The van der Waals surface area contributed by atoms with Gasteiger partial charge in [-0.1, -0.05) is 12.1 Å². The number of phenols is 3. The van der Waals surface area contributed by atoms with Gasteiger partial charge in [0.15, 0.2) is 5.58 Å². The van der Waals surface area contributed by atoms with Gasteiger partial charge in [0, 0.05) is 6.07 Å². The molecule has 4 rings (SSSR count). The minimum Gasteiger partial charge on any atom is -0.508 e. The average molecular weight is 432 g/mol. The summed E-state index contributed by atoms with van der Waals surface area (Å²) in [6.45, 7) is -0.687. The van der Waals surface area contributed by atoms with Crippen LogP contribution in [0.15, 0.2) is 45.8 Å². The molecule has 10 nitrogen and oxygen atoms in total. The number of fused-ring (bicyclic) bond motifs is 1. The van der Waals surface area contributed by atoms with E-state index in [4.69, 9.17) is 9.15 Å². The molecule has 0 bridgehead atoms. The zero-order valence-corrected chi connectivity index (χ0v) is 15.9. The van der Waals surface area contributed by atoms with Crippen molar-refractivity contribution >= 4 is 11.0 Å². The van der Waals surface area contributed by atoms with Crippen molar-refractivity contribution in [1.82, 2.24) is 0 Å². The third kappa shape index (κ3) is 3.40. The first kappa shape index (κ1) is 21.1. The van der Waals surface area contributed by atoms with E-state index in [1.165, 1.54) is 24.3 Å². The summed E-state index contributed by atoms with van der Waals surface area (Å²) in [4.78, 5) is 13.1. The molecule has 0 unspecified atom stereocenters. The van der Waals surface area contributed by atoms with E-state index in [1.807, 2.05) is 0 Å². The molecule has 2 aromatic carbocycles. The largest absolute Gasteiger partial charge is 0.508 e. The molecule has 1 aromatic heterocycles. The summed E-state index contributed by atoms with van der Waals surface area (Å²) in [5.41, 5.74) is -0.729. The molecule has 10 heteroatoms. The summed E-state index contributed by atoms with van der Waals surface area (Å²) >= 11 is 0. The van der Waals surface area contributed by atoms with E-state index in [1.54, 1.807) is 0 Å². The molecule has 1 saturated heterocycles. The van der Waals surface area contributed by atoms with E-state index in [2.05, 4.69) is 0 Å². The Balaban J connectivity index is 1.92. The van der Waals surface area contributed by atoms with E-state index < -0.39 is 54.1 Å². The highest BCUT2D eigenvalue weighted by Gasteiger charge is 2.46. The summed E-state index contributed by atoms with van der Waals surface area (Å²) in [5.74, 6) is -1.18. The number of benzene rings is 2. The zero-order valence-electron chi connectivity index (χ0n) is 15.9. The fourth-order valence-corrected chi connectivity index (χ4v) is 3.75. The van der Waals surface area contributed by atoms with Crippen molar-refractivity contribution in [2.45, 2.75) is 30.5 Å². The lowest BCUT2D eigenvalue weighted by atomic mass is 9.89. The van der Waals surface area contributed by atoms with Gasteiger partial charge in [-0.2, -0.15) is 0 Å². The van der Waals surface area contributed by atoms with Gasteiger partial charge in [0.1, 0.15) is 59.4 Å². The first-order valence-electron chi connectivity index (χ1n) is 9.34. The smallest absolute Gasteiger partial charge is 0.204 e. The Morgan fingerprint density at radius 2 is 1.58 bits per heavy atom. The van der Waals surface area contributed by atoms with Crippen LogP contribution in [0.3, 0.4) is 0 Å². The highest BCUT2D eigenvalue weighted by Crippen LogP contribution is 2.43. The molecule has 1 aliphatic heterocycles. The van der Waals surface area contributed by atoms with Gasteiger partial charge in [0.05, 0.1) is 17.7 Å². The molecule has 0 saturated carbocycles. The summed E-state index contributed by atoms with van der Waals surface area (Å²) in [6, 6.07) is 6.56. The molecule has 0 spiro atoms. The van der Waals surface area contributed by atoms with Crippen molar-refractivity contribution in [1.29, 1.82) is 0 Å². The number of aliphatic hydroxyl groups excluding tert-OH is 4. The van der Waals surface area contributed by atoms with Gasteiger partial charge in [-0.15, -0.1) is 0 Å². The van der Waals surface area contributed by atoms with Crippen LogP contribution in [0.25, 0.3) is 22.1 Å². The van der Waals surface area contributed by atoms with E-state index in [9.17, 15) is 40.5 Å². The second-order valence-electron chi connectivity index (χ2n) is 7.31. The van der Waals surface area contributed by atoms with E-state index in [0.717, 1.165) is 12.3 Å². The highest BCUT2D eigenvalue weighted by molar-refractivity contribution is 5.91. The Morgan fingerprint density at radius 3 is 2.23 bits per heavy atom. The third-order valence-corrected chi connectivity index (χ3v) is 5.40. The summed E-state index contributed by atoms with van der Waals surface area (Å²) in [5, 5.41) is 69.8. The minimum absolute atomic E-state index is 0.00778. The molecular formula is C21H20O10. The Labute approximate surface area is 174 Å². The second-order valence-corrected chi connectivity index (χ2v) is 7.31. The van der Waals surface area contributed by atoms with Crippen LogP contribution < -0.4 is 5.43 Å². The minimum atomic E-state index is -1.74. The molecule has 31 heavy (non-hydrogen) atoms. The zero-order chi connectivity index (χ0) is 22.4. The monoisotopic (exact) mass is 432 g/mol. The molecule has 2 heterocycles. The van der Waals surface area contributed by atoms with Crippen molar-refractivity contribution in [3.8, 4) is 28.4 Å². The fraction of sp³-hybridized carbons (Fsp3) is 0.286. The highest BCUT2D eigenvalue weighted by atomic mass is 16.5. The SMILES string of the molecule is O=c1c(-c2ccc(O)cc2)coc2c([C@@H]3O[C@H](CO)[C@H](O)[C@H](O)[C@H]3O)c(O)cc(O)c12. The molecule has 0 amide bonds. The third-order valence-electron chi connectivity index (χ3n) is 5.40. The molecule has 1 fully saturated rings. The quantitative estimate of drug-likeness (QED) is 0.300. The molecule has 3 aromatic rings. The number of rotatable bonds is 3. The predicted octanol–water partition coefficient (Wildman–Crippen LogP) is 0.0917. The van der Waals surface area contributed by atoms with Crippen molar-refractivity contribution in [2.24, 2.45) is 0 Å². The number of hydrogen-bond acceptors (Lipinski definition) is 10. The summed E-state index contributed by atoms with van der Waals surface area (Å²) < 4.78 is 11.0. The van der Waals surface area contributed by atoms with E-state index >= 15 is 0 Å². The van der Waals surface area contributed by atoms with Crippen LogP contribution >= 0.6 is 0 Å². The van der Waals surface area contributed by atoms with Crippen molar-refractivity contribution in [3.63, 3.8) is 0 Å². The maximum atomic E-state index is 13.1. The number of aromatic hydroxyl groups is 3. The first-order chi connectivity index (χ1) is 14.7. The van der Waals surface area contributed by atoms with Gasteiger partial charge < -0.3 is 44.9 Å². The molecule has 0 aliphatic carbocycles. The lowest BCUT2D eigenvalue weighted by Crippen LogP contribution is -2.55. The van der Waals surface area contributed by atoms with Crippen LogP contribution in [-0.4, -0.2) is 66.8 Å². The van der Waals surface area contributed by atoms with E-state index in [-0.39, 0.29) is 27.8 Å². The molecule has 0 radical (unpaired) electrons. The topological polar surface area (TPSA) is 181 Å². The van der Waals surface area contributed by atoms with Crippen LogP contribution in [0.1, 0.15) is 11.7 Å². The molecule has 7 N–H and O–H groups in total. The van der Waals surface area contributed by atoms with E-state index in [0.29, 0.717) is 5.56 Å². The Morgan fingerprint density at radius 1 is 0.903 bits per heavy atom. The van der Waals surface area contributed by atoms with Crippen molar-refractivity contribution in [3.05, 3.63) is 52.4 Å². The molecule has 164 valence electrons. The maximum absolute atomic E-state index is 13.1. The van der Waals surface area contributed by atoms with Gasteiger partial charge in [0.25, 0.3) is 0 Å². The van der Waals surface area contributed by atoms with Crippen molar-refractivity contribution < 1.29 is 44.9 Å². The Hall–Kier alpha value is -3.15. The number of hydrogen-bond donors (Lipinski definition) is 7.